The topological polar surface area (TPSA) is 64.8 Å². The van der Waals surface area contributed by atoms with E-state index in [1.54, 1.807) is 14.2 Å². The zero-order valence-electron chi connectivity index (χ0n) is 10.2. The number of nitrogens with zero attached hydrogens (tertiary/aromatic N) is 1. The molecule has 5 heteroatoms. The fourth-order valence-electron chi connectivity index (χ4n) is 1.29. The Morgan fingerprint density at radius 3 is 2.47 bits per heavy atom. The summed E-state index contributed by atoms with van der Waals surface area (Å²) in [5, 5.41) is 0. The summed E-state index contributed by atoms with van der Waals surface area (Å²) in [7, 11) is 3.32. The van der Waals surface area contributed by atoms with E-state index in [0.29, 0.717) is 13.2 Å². The molecule has 5 nitrogen and oxygen atoms in total. The molecule has 1 aromatic carbocycles. The van der Waals surface area contributed by atoms with Gasteiger partial charge < -0.3 is 20.1 Å². The monoisotopic (exact) mass is 238 g/mol. The van der Waals surface area contributed by atoms with Gasteiger partial charge in [0.25, 0.3) is 0 Å². The number of rotatable bonds is 6. The second-order valence-corrected chi connectivity index (χ2v) is 3.49. The van der Waals surface area contributed by atoms with Gasteiger partial charge in [0.2, 0.25) is 5.91 Å². The molecule has 0 aliphatic rings. The number of hydrogen-bond donors (Lipinski definition) is 1. The molecule has 0 aromatic heterocycles. The van der Waals surface area contributed by atoms with Crippen LogP contribution in [0.15, 0.2) is 24.3 Å². The molecular formula is C12H18N2O3. The van der Waals surface area contributed by atoms with Crippen molar-refractivity contribution in [3.8, 4) is 5.75 Å². The number of hydrogen-bond acceptors (Lipinski definition) is 4. The first-order chi connectivity index (χ1) is 8.19. The first-order valence-electron chi connectivity index (χ1n) is 5.37. The third kappa shape index (κ3) is 4.05. The fourth-order valence-corrected chi connectivity index (χ4v) is 1.29. The number of carbonyl (C=O) groups is 1. The molecule has 1 rings (SSSR count). The van der Waals surface area contributed by atoms with Crippen LogP contribution in [0.4, 0.5) is 5.69 Å². The van der Waals surface area contributed by atoms with E-state index in [-0.39, 0.29) is 12.5 Å². The molecule has 1 amide bonds. The van der Waals surface area contributed by atoms with E-state index < -0.39 is 0 Å². The van der Waals surface area contributed by atoms with Gasteiger partial charge in [0.05, 0.1) is 13.2 Å². The lowest BCUT2D eigenvalue weighted by Gasteiger charge is -2.16. The molecule has 17 heavy (non-hydrogen) atoms. The number of benzene rings is 1. The summed E-state index contributed by atoms with van der Waals surface area (Å²) in [6.07, 6.45) is 0. The van der Waals surface area contributed by atoms with Gasteiger partial charge in [-0.3, -0.25) is 4.79 Å². The molecule has 0 saturated heterocycles. The minimum atomic E-state index is -0.127. The average Bonchev–Trinajstić information content (AvgIpc) is 2.38. The Kier molecular flexibility index (Phi) is 5.45. The third-order valence-electron chi connectivity index (χ3n) is 2.33. The van der Waals surface area contributed by atoms with Gasteiger partial charge in [-0.15, -0.1) is 0 Å². The summed E-state index contributed by atoms with van der Waals surface area (Å²) >= 11 is 0. The Bertz CT molecular complexity index is 351. The molecule has 0 aliphatic heterocycles. The molecule has 0 radical (unpaired) electrons. The van der Waals surface area contributed by atoms with Crippen LogP contribution in [0, 0.1) is 0 Å². The smallest absolute Gasteiger partial charge is 0.240 e. The third-order valence-corrected chi connectivity index (χ3v) is 2.33. The van der Waals surface area contributed by atoms with Crippen molar-refractivity contribution in [2.75, 3.05) is 38.8 Å². The van der Waals surface area contributed by atoms with Crippen molar-refractivity contribution >= 4 is 11.6 Å². The quantitative estimate of drug-likeness (QED) is 0.738. The minimum Gasteiger partial charge on any atom is -0.491 e. The second kappa shape index (κ2) is 6.88. The van der Waals surface area contributed by atoms with Gasteiger partial charge in [-0.25, -0.2) is 0 Å². The van der Waals surface area contributed by atoms with E-state index in [0.717, 1.165) is 11.4 Å². The Morgan fingerprint density at radius 2 is 1.94 bits per heavy atom. The summed E-state index contributed by atoms with van der Waals surface area (Å²) < 4.78 is 10.3. The maximum absolute atomic E-state index is 11.4. The van der Waals surface area contributed by atoms with Crippen molar-refractivity contribution in [2.24, 2.45) is 5.73 Å². The molecule has 0 bridgehead atoms. The lowest BCUT2D eigenvalue weighted by Crippen LogP contribution is -2.32. The Morgan fingerprint density at radius 1 is 1.29 bits per heavy atom. The summed E-state index contributed by atoms with van der Waals surface area (Å²) in [4.78, 5) is 12.9. The highest BCUT2D eigenvalue weighted by molar-refractivity contribution is 5.94. The predicted molar refractivity (Wildman–Crippen MR) is 66.3 cm³/mol. The van der Waals surface area contributed by atoms with Gasteiger partial charge in [0, 0.05) is 19.8 Å². The average molecular weight is 238 g/mol. The van der Waals surface area contributed by atoms with E-state index in [2.05, 4.69) is 0 Å². The molecule has 0 spiro atoms. The van der Waals surface area contributed by atoms with Crippen LogP contribution < -0.4 is 15.4 Å². The van der Waals surface area contributed by atoms with E-state index in [4.69, 9.17) is 15.2 Å². The van der Waals surface area contributed by atoms with Gasteiger partial charge in [-0.1, -0.05) is 0 Å². The van der Waals surface area contributed by atoms with Gasteiger partial charge in [-0.05, 0) is 24.3 Å². The maximum atomic E-state index is 11.4. The van der Waals surface area contributed by atoms with Gasteiger partial charge in [-0.2, -0.15) is 0 Å². The molecule has 0 saturated carbocycles. The Labute approximate surface area is 101 Å². The van der Waals surface area contributed by atoms with Gasteiger partial charge in [0.1, 0.15) is 12.4 Å². The normalized spacial score (nSPS) is 10.1. The van der Waals surface area contributed by atoms with Crippen LogP contribution >= 0.6 is 0 Å². The van der Waals surface area contributed by atoms with Crippen molar-refractivity contribution in [3.05, 3.63) is 24.3 Å². The van der Waals surface area contributed by atoms with Crippen LogP contribution in [0.3, 0.4) is 0 Å². The van der Waals surface area contributed by atoms with E-state index in [1.807, 2.05) is 24.3 Å². The van der Waals surface area contributed by atoms with E-state index in [9.17, 15) is 4.79 Å². The molecule has 1 aromatic rings. The van der Waals surface area contributed by atoms with Crippen molar-refractivity contribution < 1.29 is 14.3 Å². The number of methoxy groups -OCH3 is 1. The zero-order valence-corrected chi connectivity index (χ0v) is 10.2. The lowest BCUT2D eigenvalue weighted by molar-refractivity contribution is -0.117. The standard InChI is InChI=1S/C12H18N2O3/c1-14(12(15)9-13)10-3-5-11(6-4-10)17-8-7-16-2/h3-6H,7-9,13H2,1-2H3. The van der Waals surface area contributed by atoms with Gasteiger partial charge >= 0.3 is 0 Å². The van der Waals surface area contributed by atoms with E-state index >= 15 is 0 Å². The first-order valence-corrected chi connectivity index (χ1v) is 5.37. The zero-order chi connectivity index (χ0) is 12.7. The van der Waals surface area contributed by atoms with Gasteiger partial charge in [0.15, 0.2) is 0 Å². The van der Waals surface area contributed by atoms with Crippen LogP contribution in [0.25, 0.3) is 0 Å². The van der Waals surface area contributed by atoms with Crippen LogP contribution in [0.2, 0.25) is 0 Å². The summed E-state index contributed by atoms with van der Waals surface area (Å²) in [6.45, 7) is 1.06. The van der Waals surface area contributed by atoms with E-state index in [1.165, 1.54) is 4.90 Å². The number of amides is 1. The second-order valence-electron chi connectivity index (χ2n) is 3.49. The molecule has 0 aliphatic carbocycles. The predicted octanol–water partition coefficient (Wildman–Crippen LogP) is 0.633. The highest BCUT2D eigenvalue weighted by atomic mass is 16.5. The first kappa shape index (κ1) is 13.5. The molecular weight excluding hydrogens is 220 g/mol. The summed E-state index contributed by atoms with van der Waals surface area (Å²) in [5.41, 5.74) is 6.08. The number of likely N-dealkylation sites (N-methyl/N-ethyl adjacent to an activating group) is 1. The molecule has 0 unspecified atom stereocenters. The van der Waals surface area contributed by atoms with Crippen LogP contribution in [0.5, 0.6) is 5.75 Å². The lowest BCUT2D eigenvalue weighted by atomic mass is 10.3. The molecule has 2 N–H and O–H groups in total. The minimum absolute atomic E-state index is 0.00257. The van der Waals surface area contributed by atoms with Crippen LogP contribution in [-0.2, 0) is 9.53 Å². The Balaban J connectivity index is 2.58. The van der Waals surface area contributed by atoms with Crippen LogP contribution in [0.1, 0.15) is 0 Å². The summed E-state index contributed by atoms with van der Waals surface area (Å²) in [6, 6.07) is 7.25. The largest absolute Gasteiger partial charge is 0.491 e. The number of anilines is 1. The van der Waals surface area contributed by atoms with Crippen molar-refractivity contribution in [2.45, 2.75) is 0 Å². The number of nitrogens with two attached hydrogens (primary N) is 1. The number of carbonyl (C=O) groups excluding carboxylic acids is 1. The Hall–Kier alpha value is -1.59. The SMILES string of the molecule is COCCOc1ccc(N(C)C(=O)CN)cc1. The molecule has 0 heterocycles. The molecule has 0 fully saturated rings. The van der Waals surface area contributed by atoms with Crippen molar-refractivity contribution in [1.82, 2.24) is 0 Å². The van der Waals surface area contributed by atoms with Crippen LogP contribution in [-0.4, -0.2) is 39.8 Å². The fraction of sp³-hybridized carbons (Fsp3) is 0.417. The van der Waals surface area contributed by atoms with Crippen molar-refractivity contribution in [1.29, 1.82) is 0 Å². The summed E-state index contributed by atoms with van der Waals surface area (Å²) in [5.74, 6) is 0.623. The molecule has 0 atom stereocenters. The maximum Gasteiger partial charge on any atom is 0.240 e. The van der Waals surface area contributed by atoms with Crippen molar-refractivity contribution in [3.63, 3.8) is 0 Å². The highest BCUT2D eigenvalue weighted by Gasteiger charge is 2.08. The highest BCUT2D eigenvalue weighted by Crippen LogP contribution is 2.18. The molecule has 94 valence electrons. The number of ether oxygens (including phenoxy) is 2.